The standard InChI is InChI=1S/C12H14F3N3O/c1-17(6-12(13,14)15)7-3-4-8-9(5-7)18(2)11(19)10(8)16/h3-5,10H,6,16H2,1-2H3. The second kappa shape index (κ2) is 4.41. The molecule has 0 radical (unpaired) electrons. The molecule has 1 aliphatic heterocycles. The lowest BCUT2D eigenvalue weighted by Gasteiger charge is -2.22. The van der Waals surface area contributed by atoms with E-state index >= 15 is 0 Å². The van der Waals surface area contributed by atoms with Gasteiger partial charge in [-0.25, -0.2) is 0 Å². The first kappa shape index (κ1) is 13.7. The summed E-state index contributed by atoms with van der Waals surface area (Å²) >= 11 is 0. The highest BCUT2D eigenvalue weighted by Gasteiger charge is 2.34. The number of nitrogens with two attached hydrogens (primary N) is 1. The van der Waals surface area contributed by atoms with Gasteiger partial charge in [0.2, 0.25) is 5.91 Å². The van der Waals surface area contributed by atoms with Crippen molar-refractivity contribution >= 4 is 17.3 Å². The number of alkyl halides is 3. The van der Waals surface area contributed by atoms with Gasteiger partial charge in [0.25, 0.3) is 0 Å². The van der Waals surface area contributed by atoms with Crippen molar-refractivity contribution in [3.63, 3.8) is 0 Å². The second-order valence-corrected chi connectivity index (χ2v) is 4.59. The molecule has 4 nitrogen and oxygen atoms in total. The Labute approximate surface area is 108 Å². The summed E-state index contributed by atoms with van der Waals surface area (Å²) in [6.45, 7) is -1.05. The van der Waals surface area contributed by atoms with Crippen molar-refractivity contribution < 1.29 is 18.0 Å². The Hall–Kier alpha value is -1.76. The van der Waals surface area contributed by atoms with Crippen molar-refractivity contribution in [2.24, 2.45) is 5.73 Å². The van der Waals surface area contributed by atoms with Crippen LogP contribution < -0.4 is 15.5 Å². The number of benzene rings is 1. The number of fused-ring (bicyclic) bond motifs is 1. The lowest BCUT2D eigenvalue weighted by Crippen LogP contribution is -2.31. The SMILES string of the molecule is CN(CC(F)(F)F)c1ccc2c(c1)N(C)C(=O)C2N. The molecule has 1 aromatic carbocycles. The van der Waals surface area contributed by atoms with Crippen molar-refractivity contribution in [2.75, 3.05) is 30.4 Å². The molecule has 7 heteroatoms. The average molecular weight is 273 g/mol. The molecule has 1 aliphatic rings. The van der Waals surface area contributed by atoms with Crippen LogP contribution in [0.2, 0.25) is 0 Å². The van der Waals surface area contributed by atoms with Crippen molar-refractivity contribution in [3.8, 4) is 0 Å². The van der Waals surface area contributed by atoms with Gasteiger partial charge in [-0.2, -0.15) is 13.2 Å². The van der Waals surface area contributed by atoms with E-state index in [1.165, 1.54) is 18.0 Å². The molecule has 1 aromatic rings. The highest BCUT2D eigenvalue weighted by Crippen LogP contribution is 2.36. The van der Waals surface area contributed by atoms with Crippen molar-refractivity contribution in [3.05, 3.63) is 23.8 Å². The van der Waals surface area contributed by atoms with E-state index in [9.17, 15) is 18.0 Å². The van der Waals surface area contributed by atoms with Crippen LogP contribution in [0.4, 0.5) is 24.5 Å². The van der Waals surface area contributed by atoms with Crippen LogP contribution in [0.15, 0.2) is 18.2 Å². The molecule has 1 amide bonds. The summed E-state index contributed by atoms with van der Waals surface area (Å²) in [5, 5.41) is 0. The molecule has 1 unspecified atom stereocenters. The van der Waals surface area contributed by atoms with Gasteiger partial charge in [-0.3, -0.25) is 4.79 Å². The number of anilines is 2. The Kier molecular flexibility index (Phi) is 3.17. The largest absolute Gasteiger partial charge is 0.405 e. The van der Waals surface area contributed by atoms with E-state index in [0.717, 1.165) is 4.90 Å². The molecule has 0 saturated heterocycles. The summed E-state index contributed by atoms with van der Waals surface area (Å²) in [7, 11) is 2.91. The zero-order valence-electron chi connectivity index (χ0n) is 10.5. The Morgan fingerprint density at radius 3 is 2.63 bits per heavy atom. The number of nitrogens with zero attached hydrogens (tertiary/aromatic N) is 2. The molecule has 0 bridgehead atoms. The monoisotopic (exact) mass is 273 g/mol. The van der Waals surface area contributed by atoms with Gasteiger partial charge in [-0.1, -0.05) is 6.07 Å². The van der Waals surface area contributed by atoms with Gasteiger partial charge in [0, 0.05) is 25.3 Å². The van der Waals surface area contributed by atoms with Gasteiger partial charge in [-0.05, 0) is 12.1 Å². The molecule has 2 N–H and O–H groups in total. The van der Waals surface area contributed by atoms with Crippen LogP contribution in [-0.4, -0.2) is 32.7 Å². The molecule has 104 valence electrons. The van der Waals surface area contributed by atoms with Crippen LogP contribution in [0.25, 0.3) is 0 Å². The van der Waals surface area contributed by atoms with Gasteiger partial charge >= 0.3 is 6.18 Å². The third kappa shape index (κ3) is 2.51. The molecule has 1 heterocycles. The zero-order chi connectivity index (χ0) is 14.4. The lowest BCUT2D eigenvalue weighted by atomic mass is 10.1. The quantitative estimate of drug-likeness (QED) is 0.891. The first-order valence-corrected chi connectivity index (χ1v) is 5.65. The summed E-state index contributed by atoms with van der Waals surface area (Å²) in [5.74, 6) is -0.259. The molecular formula is C12H14F3N3O. The molecule has 2 rings (SSSR count). The normalized spacial score (nSPS) is 18.7. The van der Waals surface area contributed by atoms with Crippen LogP contribution in [0.5, 0.6) is 0 Å². The fourth-order valence-electron chi connectivity index (χ4n) is 2.14. The molecule has 0 aliphatic carbocycles. The number of halogens is 3. The minimum absolute atomic E-state index is 0.259. The van der Waals surface area contributed by atoms with Crippen molar-refractivity contribution in [1.29, 1.82) is 0 Å². The minimum Gasteiger partial charge on any atom is -0.366 e. The number of rotatable bonds is 2. The average Bonchev–Trinajstić information content (AvgIpc) is 2.52. The fourth-order valence-corrected chi connectivity index (χ4v) is 2.14. The van der Waals surface area contributed by atoms with E-state index in [1.807, 2.05) is 0 Å². The van der Waals surface area contributed by atoms with Crippen molar-refractivity contribution in [1.82, 2.24) is 0 Å². The van der Waals surface area contributed by atoms with E-state index in [4.69, 9.17) is 5.73 Å². The lowest BCUT2D eigenvalue weighted by molar-refractivity contribution is -0.119. The highest BCUT2D eigenvalue weighted by atomic mass is 19.4. The Balaban J connectivity index is 2.30. The number of carbonyl (C=O) groups excluding carboxylic acids is 1. The molecule has 0 aromatic heterocycles. The van der Waals surface area contributed by atoms with Crippen molar-refractivity contribution in [2.45, 2.75) is 12.2 Å². The maximum Gasteiger partial charge on any atom is 0.405 e. The zero-order valence-corrected chi connectivity index (χ0v) is 10.5. The van der Waals surface area contributed by atoms with E-state index in [0.29, 0.717) is 16.9 Å². The fraction of sp³-hybridized carbons (Fsp3) is 0.417. The topological polar surface area (TPSA) is 49.6 Å². The van der Waals surface area contributed by atoms with Gasteiger partial charge in [0.15, 0.2) is 0 Å². The number of hydrogen-bond acceptors (Lipinski definition) is 3. The highest BCUT2D eigenvalue weighted by molar-refractivity contribution is 6.04. The van der Waals surface area contributed by atoms with Gasteiger partial charge in [0.1, 0.15) is 12.6 Å². The maximum absolute atomic E-state index is 12.3. The van der Waals surface area contributed by atoms with Crippen LogP contribution in [0, 0.1) is 0 Å². The summed E-state index contributed by atoms with van der Waals surface area (Å²) in [6, 6.07) is 3.95. The maximum atomic E-state index is 12.3. The van der Waals surface area contributed by atoms with Crippen LogP contribution in [0.1, 0.15) is 11.6 Å². The second-order valence-electron chi connectivity index (χ2n) is 4.59. The number of amides is 1. The van der Waals surface area contributed by atoms with Gasteiger partial charge < -0.3 is 15.5 Å². The van der Waals surface area contributed by atoms with Gasteiger partial charge in [-0.15, -0.1) is 0 Å². The predicted octanol–water partition coefficient (Wildman–Crippen LogP) is 1.66. The Morgan fingerprint density at radius 2 is 2.05 bits per heavy atom. The minimum atomic E-state index is -4.27. The summed E-state index contributed by atoms with van der Waals surface area (Å²) < 4.78 is 37.0. The molecular weight excluding hydrogens is 259 g/mol. The summed E-state index contributed by atoms with van der Waals surface area (Å²) in [6.07, 6.45) is -4.27. The van der Waals surface area contributed by atoms with Crippen LogP contribution in [0.3, 0.4) is 0 Å². The van der Waals surface area contributed by atoms with Crippen LogP contribution >= 0.6 is 0 Å². The number of carbonyl (C=O) groups is 1. The van der Waals surface area contributed by atoms with E-state index in [2.05, 4.69) is 0 Å². The Morgan fingerprint density at radius 1 is 1.42 bits per heavy atom. The first-order chi connectivity index (χ1) is 8.70. The first-order valence-electron chi connectivity index (χ1n) is 5.65. The molecule has 0 saturated carbocycles. The van der Waals surface area contributed by atoms with E-state index < -0.39 is 18.8 Å². The number of hydrogen-bond donors (Lipinski definition) is 1. The molecule has 0 fully saturated rings. The van der Waals surface area contributed by atoms with Gasteiger partial charge in [0.05, 0.1) is 5.69 Å². The molecule has 19 heavy (non-hydrogen) atoms. The molecule has 1 atom stereocenters. The number of likely N-dealkylation sites (N-methyl/N-ethyl adjacent to an activating group) is 1. The van der Waals surface area contributed by atoms with E-state index in [-0.39, 0.29) is 5.91 Å². The Bertz CT molecular complexity index is 515. The summed E-state index contributed by atoms with van der Waals surface area (Å²) in [4.78, 5) is 14.1. The van der Waals surface area contributed by atoms with Crippen LogP contribution in [-0.2, 0) is 4.79 Å². The third-order valence-electron chi connectivity index (χ3n) is 3.16. The summed E-state index contributed by atoms with van der Waals surface area (Å²) in [5.41, 5.74) is 7.31. The van der Waals surface area contributed by atoms with E-state index in [1.54, 1.807) is 19.2 Å². The molecule has 0 spiro atoms. The predicted molar refractivity (Wildman–Crippen MR) is 66.1 cm³/mol. The smallest absolute Gasteiger partial charge is 0.366 e. The third-order valence-corrected chi connectivity index (χ3v) is 3.16.